The van der Waals surface area contributed by atoms with Gasteiger partial charge in [-0.25, -0.2) is 4.39 Å². The molecule has 0 heterocycles. The van der Waals surface area contributed by atoms with Crippen LogP contribution in [0.1, 0.15) is 6.92 Å². The van der Waals surface area contributed by atoms with E-state index in [1.165, 1.54) is 12.1 Å². The third-order valence-electron chi connectivity index (χ3n) is 2.67. The first-order chi connectivity index (χ1) is 9.95. The number of hydrogen-bond donors (Lipinski definition) is 1. The van der Waals surface area contributed by atoms with Crippen LogP contribution in [-0.4, -0.2) is 12.0 Å². The van der Waals surface area contributed by atoms with Crippen molar-refractivity contribution in [1.82, 2.24) is 0 Å². The molecular formula is C15H12BrClFNO2. The van der Waals surface area contributed by atoms with Gasteiger partial charge in [0.05, 0.1) is 5.69 Å². The predicted molar refractivity (Wildman–Crippen MR) is 84.3 cm³/mol. The van der Waals surface area contributed by atoms with Gasteiger partial charge in [0.25, 0.3) is 5.91 Å². The van der Waals surface area contributed by atoms with Crippen LogP contribution >= 0.6 is 27.5 Å². The maximum Gasteiger partial charge on any atom is 0.265 e. The molecule has 2 rings (SSSR count). The third-order valence-corrected chi connectivity index (χ3v) is 3.40. The smallest absolute Gasteiger partial charge is 0.265 e. The molecule has 2 aromatic rings. The first-order valence-corrected chi connectivity index (χ1v) is 7.31. The largest absolute Gasteiger partial charge is 0.481 e. The van der Waals surface area contributed by atoms with E-state index in [0.717, 1.165) is 0 Å². The summed E-state index contributed by atoms with van der Waals surface area (Å²) in [6.45, 7) is 1.58. The SMILES string of the molecule is C[C@@H](Oc1cccc(Cl)c1)C(=O)Nc1ccc(Br)cc1F. The zero-order valence-electron chi connectivity index (χ0n) is 11.1. The number of nitrogens with one attached hydrogen (secondary N) is 1. The summed E-state index contributed by atoms with van der Waals surface area (Å²) in [7, 11) is 0. The van der Waals surface area contributed by atoms with E-state index in [-0.39, 0.29) is 5.69 Å². The Balaban J connectivity index is 2.02. The Morgan fingerprint density at radius 2 is 2.10 bits per heavy atom. The number of ether oxygens (including phenoxy) is 1. The van der Waals surface area contributed by atoms with Crippen molar-refractivity contribution in [3.63, 3.8) is 0 Å². The summed E-state index contributed by atoms with van der Waals surface area (Å²) >= 11 is 8.99. The molecule has 0 fully saturated rings. The first kappa shape index (κ1) is 15.8. The fraction of sp³-hybridized carbons (Fsp3) is 0.133. The highest BCUT2D eigenvalue weighted by Crippen LogP contribution is 2.21. The molecule has 1 amide bonds. The highest BCUT2D eigenvalue weighted by molar-refractivity contribution is 9.10. The van der Waals surface area contributed by atoms with Crippen LogP contribution < -0.4 is 10.1 Å². The molecule has 3 nitrogen and oxygen atoms in total. The zero-order chi connectivity index (χ0) is 15.4. The Labute approximate surface area is 135 Å². The summed E-state index contributed by atoms with van der Waals surface area (Å²) in [4.78, 5) is 12.0. The number of amides is 1. The second-order valence-corrected chi connectivity index (χ2v) is 5.68. The molecule has 0 spiro atoms. The molecule has 0 saturated heterocycles. The third kappa shape index (κ3) is 4.44. The molecule has 0 saturated carbocycles. The molecule has 0 aliphatic heterocycles. The van der Waals surface area contributed by atoms with Crippen LogP contribution in [0.4, 0.5) is 10.1 Å². The summed E-state index contributed by atoms with van der Waals surface area (Å²) in [5.41, 5.74) is 0.102. The molecule has 2 aromatic carbocycles. The van der Waals surface area contributed by atoms with Gasteiger partial charge in [-0.1, -0.05) is 33.6 Å². The molecule has 21 heavy (non-hydrogen) atoms. The van der Waals surface area contributed by atoms with Gasteiger partial charge in [0, 0.05) is 9.50 Å². The van der Waals surface area contributed by atoms with E-state index < -0.39 is 17.8 Å². The Hall–Kier alpha value is -1.59. The van der Waals surface area contributed by atoms with Crippen molar-refractivity contribution >= 4 is 39.1 Å². The maximum absolute atomic E-state index is 13.7. The average molecular weight is 373 g/mol. The van der Waals surface area contributed by atoms with Gasteiger partial charge in [0.15, 0.2) is 6.10 Å². The van der Waals surface area contributed by atoms with Crippen LogP contribution in [0.15, 0.2) is 46.9 Å². The number of carbonyl (C=O) groups excluding carboxylic acids is 1. The van der Waals surface area contributed by atoms with Crippen LogP contribution in [0.25, 0.3) is 0 Å². The van der Waals surface area contributed by atoms with E-state index in [1.54, 1.807) is 37.3 Å². The van der Waals surface area contributed by atoms with Crippen LogP contribution in [0, 0.1) is 5.82 Å². The fourth-order valence-electron chi connectivity index (χ4n) is 1.62. The molecule has 1 atom stereocenters. The van der Waals surface area contributed by atoms with Crippen LogP contribution in [0.2, 0.25) is 5.02 Å². The number of rotatable bonds is 4. The van der Waals surface area contributed by atoms with Crippen molar-refractivity contribution in [2.45, 2.75) is 13.0 Å². The summed E-state index contributed by atoms with van der Waals surface area (Å²) in [6, 6.07) is 11.1. The summed E-state index contributed by atoms with van der Waals surface area (Å²) in [6.07, 6.45) is -0.786. The van der Waals surface area contributed by atoms with Crippen molar-refractivity contribution < 1.29 is 13.9 Å². The second kappa shape index (κ2) is 6.91. The quantitative estimate of drug-likeness (QED) is 0.848. The van der Waals surface area contributed by atoms with Crippen molar-refractivity contribution in [3.8, 4) is 5.75 Å². The van der Waals surface area contributed by atoms with Gasteiger partial charge in [-0.2, -0.15) is 0 Å². The van der Waals surface area contributed by atoms with Gasteiger partial charge in [-0.05, 0) is 43.3 Å². The molecular weight excluding hydrogens is 361 g/mol. The summed E-state index contributed by atoms with van der Waals surface area (Å²) in [5, 5.41) is 2.99. The van der Waals surface area contributed by atoms with E-state index in [4.69, 9.17) is 16.3 Å². The molecule has 0 aliphatic carbocycles. The van der Waals surface area contributed by atoms with Gasteiger partial charge in [0.2, 0.25) is 0 Å². The summed E-state index contributed by atoms with van der Waals surface area (Å²) < 4.78 is 19.7. The highest BCUT2D eigenvalue weighted by Gasteiger charge is 2.16. The van der Waals surface area contributed by atoms with Crippen molar-refractivity contribution in [1.29, 1.82) is 0 Å². The molecule has 1 N–H and O–H groups in total. The molecule has 0 unspecified atom stereocenters. The van der Waals surface area contributed by atoms with Crippen LogP contribution in [-0.2, 0) is 4.79 Å². The van der Waals surface area contributed by atoms with Crippen molar-refractivity contribution in [3.05, 3.63) is 57.8 Å². The average Bonchev–Trinajstić information content (AvgIpc) is 2.41. The first-order valence-electron chi connectivity index (χ1n) is 6.14. The Bertz CT molecular complexity index is 666. The highest BCUT2D eigenvalue weighted by atomic mass is 79.9. The molecule has 0 bridgehead atoms. The molecule has 0 aromatic heterocycles. The van der Waals surface area contributed by atoms with E-state index in [9.17, 15) is 9.18 Å². The lowest BCUT2D eigenvalue weighted by atomic mass is 10.3. The number of hydrogen-bond acceptors (Lipinski definition) is 2. The monoisotopic (exact) mass is 371 g/mol. The lowest BCUT2D eigenvalue weighted by Crippen LogP contribution is -2.30. The Morgan fingerprint density at radius 1 is 1.33 bits per heavy atom. The summed E-state index contributed by atoms with van der Waals surface area (Å²) in [5.74, 6) is -0.495. The van der Waals surface area contributed by atoms with Crippen LogP contribution in [0.3, 0.4) is 0 Å². The van der Waals surface area contributed by atoms with Gasteiger partial charge in [-0.15, -0.1) is 0 Å². The van der Waals surface area contributed by atoms with Gasteiger partial charge >= 0.3 is 0 Å². The molecule has 6 heteroatoms. The van der Waals surface area contributed by atoms with Gasteiger partial charge in [0.1, 0.15) is 11.6 Å². The van der Waals surface area contributed by atoms with E-state index >= 15 is 0 Å². The van der Waals surface area contributed by atoms with Crippen LogP contribution in [0.5, 0.6) is 5.75 Å². The zero-order valence-corrected chi connectivity index (χ0v) is 13.4. The number of halogens is 3. The molecule has 0 aliphatic rings. The normalized spacial score (nSPS) is 11.8. The van der Waals surface area contributed by atoms with Crippen molar-refractivity contribution in [2.75, 3.05) is 5.32 Å². The standard InChI is InChI=1S/C15H12BrClFNO2/c1-9(21-12-4-2-3-11(17)8-12)15(20)19-14-6-5-10(16)7-13(14)18/h2-9H,1H3,(H,19,20)/t9-/m1/s1. The lowest BCUT2D eigenvalue weighted by Gasteiger charge is -2.15. The number of carbonyl (C=O) groups is 1. The minimum Gasteiger partial charge on any atom is -0.481 e. The minimum atomic E-state index is -0.786. The predicted octanol–water partition coefficient (Wildman–Crippen LogP) is 4.65. The van der Waals surface area contributed by atoms with E-state index in [0.29, 0.717) is 15.2 Å². The molecule has 110 valence electrons. The fourth-order valence-corrected chi connectivity index (χ4v) is 2.14. The van der Waals surface area contributed by atoms with Crippen molar-refractivity contribution in [2.24, 2.45) is 0 Å². The second-order valence-electron chi connectivity index (χ2n) is 4.33. The topological polar surface area (TPSA) is 38.3 Å². The van der Waals surface area contributed by atoms with E-state index in [1.807, 2.05) is 0 Å². The maximum atomic E-state index is 13.7. The number of benzene rings is 2. The Kier molecular flexibility index (Phi) is 5.20. The van der Waals surface area contributed by atoms with Gasteiger partial charge in [-0.3, -0.25) is 4.79 Å². The molecule has 0 radical (unpaired) electrons. The lowest BCUT2D eigenvalue weighted by molar-refractivity contribution is -0.122. The van der Waals surface area contributed by atoms with E-state index in [2.05, 4.69) is 21.2 Å². The number of anilines is 1. The Morgan fingerprint density at radius 3 is 2.76 bits per heavy atom. The van der Waals surface area contributed by atoms with Gasteiger partial charge < -0.3 is 10.1 Å². The minimum absolute atomic E-state index is 0.102.